The summed E-state index contributed by atoms with van der Waals surface area (Å²) in [5.41, 5.74) is 0. The summed E-state index contributed by atoms with van der Waals surface area (Å²) in [5, 5.41) is 0. The number of carbonyl (C=O) groups excluding carboxylic acids is 1. The van der Waals surface area contributed by atoms with Gasteiger partial charge in [0.25, 0.3) is 0 Å². The fraction of sp³-hybridized carbons (Fsp3) is 0.750. The third kappa shape index (κ3) is 22.3. The molecule has 7 heavy (non-hydrogen) atoms. The van der Waals surface area contributed by atoms with Crippen LogP contribution in [0.3, 0.4) is 0 Å². The van der Waals surface area contributed by atoms with E-state index in [-0.39, 0.29) is 30.7 Å². The van der Waals surface area contributed by atoms with Crippen LogP contribution in [0.5, 0.6) is 0 Å². The molecule has 0 rings (SSSR count). The van der Waals surface area contributed by atoms with Gasteiger partial charge >= 0.3 is 19.5 Å². The molecule has 0 bridgehead atoms. The van der Waals surface area contributed by atoms with Gasteiger partial charge in [0.05, 0.1) is 0 Å². The van der Waals surface area contributed by atoms with Crippen LogP contribution in [0, 0.1) is 0 Å². The van der Waals surface area contributed by atoms with E-state index < -0.39 is 0 Å². The van der Waals surface area contributed by atoms with Crippen molar-refractivity contribution in [1.29, 1.82) is 0 Å². The van der Waals surface area contributed by atoms with Crippen LogP contribution < -0.4 is 0 Å². The van der Waals surface area contributed by atoms with Gasteiger partial charge in [-0.05, 0) is 6.92 Å². The van der Waals surface area contributed by atoms with E-state index in [0.29, 0.717) is 6.42 Å². The molecule has 0 aliphatic carbocycles. The topological polar surface area (TPSA) is 45.6 Å². The fourth-order valence-electron chi connectivity index (χ4n) is 0. The van der Waals surface area contributed by atoms with Gasteiger partial charge in [-0.15, -0.1) is 0 Å². The normalized spacial score (nSPS) is 5.43. The molecule has 0 N–H and O–H groups in total. The van der Waals surface area contributed by atoms with Crippen molar-refractivity contribution >= 4 is 5.78 Å². The van der Waals surface area contributed by atoms with Crippen molar-refractivity contribution in [3.05, 3.63) is 0 Å². The van der Waals surface area contributed by atoms with Crippen molar-refractivity contribution in [2.24, 2.45) is 0 Å². The summed E-state index contributed by atoms with van der Waals surface area (Å²) in [5.74, 6) is 0.255. The maximum atomic E-state index is 9.81. The maximum absolute atomic E-state index is 9.81. The Bertz CT molecular complexity index is 45.0. The first-order valence-corrected chi connectivity index (χ1v) is 1.76. The third-order valence-electron chi connectivity index (χ3n) is 0.498. The van der Waals surface area contributed by atoms with Crippen LogP contribution in [0.25, 0.3) is 0 Å². The Balaban J connectivity index is -0.0000000800. The molecule has 38 valence electrons. The Morgan fingerprint density at radius 1 is 1.57 bits per heavy atom. The molecule has 0 fully saturated rings. The summed E-state index contributed by atoms with van der Waals surface area (Å²) in [7, 11) is 0. The molecule has 0 spiro atoms. The predicted molar refractivity (Wildman–Crippen MR) is 21.7 cm³/mol. The second kappa shape index (κ2) is 9.54. The molecule has 2 nitrogen and oxygen atoms in total. The first-order valence-electron chi connectivity index (χ1n) is 1.76. The van der Waals surface area contributed by atoms with Crippen LogP contribution in [0.4, 0.5) is 0 Å². The SMILES string of the molecule is CCC(C)=O.[O-2].[Zn+2]. The smallest absolute Gasteiger partial charge is 2.00 e. The Kier molecular flexibility index (Phi) is 21.4. The van der Waals surface area contributed by atoms with Gasteiger partial charge in [0.1, 0.15) is 5.78 Å². The van der Waals surface area contributed by atoms with Crippen LogP contribution in [0.2, 0.25) is 0 Å². The Morgan fingerprint density at radius 3 is 1.71 bits per heavy atom. The van der Waals surface area contributed by atoms with Crippen molar-refractivity contribution < 1.29 is 29.7 Å². The van der Waals surface area contributed by atoms with Crippen LogP contribution >= 0.6 is 0 Å². The average molecular weight is 153 g/mol. The molecule has 0 radical (unpaired) electrons. The molecular formula is C4H8O2Zn. The molecule has 0 saturated heterocycles. The van der Waals surface area contributed by atoms with Crippen molar-refractivity contribution in [2.75, 3.05) is 0 Å². The van der Waals surface area contributed by atoms with Crippen molar-refractivity contribution in [3.8, 4) is 0 Å². The van der Waals surface area contributed by atoms with Crippen LogP contribution in [-0.2, 0) is 29.7 Å². The summed E-state index contributed by atoms with van der Waals surface area (Å²) in [4.78, 5) is 9.81. The molecule has 0 aromatic rings. The van der Waals surface area contributed by atoms with Crippen molar-refractivity contribution in [2.45, 2.75) is 20.3 Å². The molecule has 0 saturated carbocycles. The summed E-state index contributed by atoms with van der Waals surface area (Å²) >= 11 is 0. The number of rotatable bonds is 1. The monoisotopic (exact) mass is 152 g/mol. The van der Waals surface area contributed by atoms with Gasteiger partial charge in [0.15, 0.2) is 0 Å². The van der Waals surface area contributed by atoms with Gasteiger partial charge in [-0.1, -0.05) is 6.92 Å². The van der Waals surface area contributed by atoms with Gasteiger partial charge in [-0.25, -0.2) is 0 Å². The molecular weight excluding hydrogens is 145 g/mol. The first-order chi connectivity index (χ1) is 2.27. The second-order valence-electron chi connectivity index (χ2n) is 1.06. The summed E-state index contributed by atoms with van der Waals surface area (Å²) in [6.45, 7) is 3.43. The third-order valence-corrected chi connectivity index (χ3v) is 0.498. The summed E-state index contributed by atoms with van der Waals surface area (Å²) in [6, 6.07) is 0. The minimum Gasteiger partial charge on any atom is -2.00 e. The summed E-state index contributed by atoms with van der Waals surface area (Å²) in [6.07, 6.45) is 0.667. The molecule has 0 aliphatic heterocycles. The maximum Gasteiger partial charge on any atom is 2.00 e. The summed E-state index contributed by atoms with van der Waals surface area (Å²) < 4.78 is 0. The zero-order valence-electron chi connectivity index (χ0n) is 4.73. The van der Waals surface area contributed by atoms with E-state index in [0.717, 1.165) is 0 Å². The minimum absolute atomic E-state index is 0. The van der Waals surface area contributed by atoms with Crippen molar-refractivity contribution in [3.63, 3.8) is 0 Å². The molecule has 0 aromatic heterocycles. The van der Waals surface area contributed by atoms with Gasteiger partial charge in [-0.3, -0.25) is 0 Å². The van der Waals surface area contributed by atoms with E-state index in [1.807, 2.05) is 6.92 Å². The fourth-order valence-corrected chi connectivity index (χ4v) is 0. The zero-order chi connectivity index (χ0) is 4.28. The Morgan fingerprint density at radius 2 is 1.71 bits per heavy atom. The zero-order valence-corrected chi connectivity index (χ0v) is 7.70. The van der Waals surface area contributed by atoms with E-state index in [1.165, 1.54) is 0 Å². The van der Waals surface area contributed by atoms with E-state index in [9.17, 15) is 4.79 Å². The quantitative estimate of drug-likeness (QED) is 0.516. The van der Waals surface area contributed by atoms with Crippen LogP contribution in [-0.4, -0.2) is 5.78 Å². The largest absolute Gasteiger partial charge is 2.00 e. The number of carbonyl (C=O) groups is 1. The Labute approximate surface area is 56.4 Å². The predicted octanol–water partition coefficient (Wildman–Crippen LogP) is 0.864. The van der Waals surface area contributed by atoms with Crippen LogP contribution in [0.15, 0.2) is 0 Å². The number of hydrogen-bond acceptors (Lipinski definition) is 1. The number of hydrogen-bond donors (Lipinski definition) is 0. The second-order valence-corrected chi connectivity index (χ2v) is 1.06. The molecule has 0 heterocycles. The first kappa shape index (κ1) is 15.7. The molecule has 0 unspecified atom stereocenters. The minimum atomic E-state index is 0. The molecule has 0 amide bonds. The van der Waals surface area contributed by atoms with E-state index in [1.54, 1.807) is 6.92 Å². The van der Waals surface area contributed by atoms with Gasteiger partial charge in [-0.2, -0.15) is 0 Å². The average Bonchev–Trinajstić information content (AvgIpc) is 1.38. The van der Waals surface area contributed by atoms with Gasteiger partial charge < -0.3 is 10.3 Å². The molecule has 0 aliphatic rings. The molecule has 0 aromatic carbocycles. The van der Waals surface area contributed by atoms with E-state index in [2.05, 4.69) is 0 Å². The van der Waals surface area contributed by atoms with Gasteiger partial charge in [0.2, 0.25) is 0 Å². The Hall–Kier alpha value is 0.253. The van der Waals surface area contributed by atoms with E-state index in [4.69, 9.17) is 0 Å². The molecule has 0 atom stereocenters. The van der Waals surface area contributed by atoms with Crippen LogP contribution in [0.1, 0.15) is 20.3 Å². The number of ketones is 1. The standard InChI is InChI=1S/C4H8O.O.Zn/c1-3-4(2)5;;/h3H2,1-2H3;;/q;-2;+2. The number of Topliss-reactive ketones (excluding diaryl/α,β-unsaturated/α-hetero) is 1. The van der Waals surface area contributed by atoms with Gasteiger partial charge in [0, 0.05) is 6.42 Å². The van der Waals surface area contributed by atoms with E-state index >= 15 is 0 Å². The molecule has 3 heteroatoms. The van der Waals surface area contributed by atoms with Crippen molar-refractivity contribution in [1.82, 2.24) is 0 Å².